The third-order valence-corrected chi connectivity index (χ3v) is 3.87. The van der Waals surface area contributed by atoms with Gasteiger partial charge < -0.3 is 5.32 Å². The minimum Gasteiger partial charge on any atom is -0.380 e. The first-order valence-electron chi connectivity index (χ1n) is 4.75. The Bertz CT molecular complexity index is 476. The van der Waals surface area contributed by atoms with E-state index < -0.39 is 0 Å². The molecule has 0 aliphatic carbocycles. The summed E-state index contributed by atoms with van der Waals surface area (Å²) in [6, 6.07) is 10.3. The summed E-state index contributed by atoms with van der Waals surface area (Å²) in [6.45, 7) is 2.03. The lowest BCUT2D eigenvalue weighted by molar-refractivity contribution is 1.48. The molecule has 2 rings (SSSR count). The Morgan fingerprint density at radius 3 is 2.60 bits per heavy atom. The molecule has 78 valence electrons. The van der Waals surface area contributed by atoms with E-state index >= 15 is 0 Å². The molecule has 0 spiro atoms. The SMILES string of the molecule is CNc1ccc(-c2ccc(Cl)c(C)c2)s1. The first-order chi connectivity index (χ1) is 7.20. The third kappa shape index (κ3) is 2.16. The number of halogens is 1. The number of anilines is 1. The molecule has 0 aliphatic heterocycles. The summed E-state index contributed by atoms with van der Waals surface area (Å²) in [5, 5.41) is 5.14. The number of benzene rings is 1. The van der Waals surface area contributed by atoms with E-state index in [4.69, 9.17) is 11.6 Å². The zero-order chi connectivity index (χ0) is 10.8. The van der Waals surface area contributed by atoms with Crippen molar-refractivity contribution in [2.75, 3.05) is 12.4 Å². The van der Waals surface area contributed by atoms with Gasteiger partial charge in [0.1, 0.15) is 0 Å². The van der Waals surface area contributed by atoms with E-state index in [9.17, 15) is 0 Å². The normalized spacial score (nSPS) is 10.3. The van der Waals surface area contributed by atoms with Crippen LogP contribution < -0.4 is 5.32 Å². The molecule has 1 N–H and O–H groups in total. The second kappa shape index (κ2) is 4.25. The minimum absolute atomic E-state index is 0.823. The highest BCUT2D eigenvalue weighted by Crippen LogP contribution is 2.32. The van der Waals surface area contributed by atoms with Gasteiger partial charge in [-0.1, -0.05) is 17.7 Å². The van der Waals surface area contributed by atoms with Crippen LogP contribution in [0.15, 0.2) is 30.3 Å². The molecule has 0 radical (unpaired) electrons. The molecule has 0 saturated carbocycles. The highest BCUT2D eigenvalue weighted by molar-refractivity contribution is 7.19. The maximum absolute atomic E-state index is 5.99. The first kappa shape index (κ1) is 10.5. The number of thiophene rings is 1. The Morgan fingerprint density at radius 2 is 2.00 bits per heavy atom. The van der Waals surface area contributed by atoms with E-state index in [1.165, 1.54) is 15.4 Å². The van der Waals surface area contributed by atoms with Crippen molar-refractivity contribution in [2.24, 2.45) is 0 Å². The fraction of sp³-hybridized carbons (Fsp3) is 0.167. The van der Waals surface area contributed by atoms with Crippen LogP contribution in [0.2, 0.25) is 5.02 Å². The maximum Gasteiger partial charge on any atom is 0.0886 e. The standard InChI is InChI=1S/C12H12ClNS/c1-8-7-9(3-4-10(8)13)11-5-6-12(14-2)15-11/h3-7,14H,1-2H3. The molecule has 1 aromatic heterocycles. The molecule has 0 saturated heterocycles. The predicted molar refractivity (Wildman–Crippen MR) is 69.0 cm³/mol. The van der Waals surface area contributed by atoms with Crippen LogP contribution in [0.3, 0.4) is 0 Å². The molecule has 1 aromatic carbocycles. The number of aryl methyl sites for hydroxylation is 1. The molecule has 0 unspecified atom stereocenters. The van der Waals surface area contributed by atoms with Gasteiger partial charge in [-0.05, 0) is 42.3 Å². The van der Waals surface area contributed by atoms with Crippen molar-refractivity contribution in [2.45, 2.75) is 6.92 Å². The largest absolute Gasteiger partial charge is 0.380 e. The van der Waals surface area contributed by atoms with Gasteiger partial charge in [0.25, 0.3) is 0 Å². The second-order valence-electron chi connectivity index (χ2n) is 3.38. The maximum atomic E-state index is 5.99. The van der Waals surface area contributed by atoms with Crippen LogP contribution in [-0.2, 0) is 0 Å². The monoisotopic (exact) mass is 237 g/mol. The van der Waals surface area contributed by atoms with Gasteiger partial charge in [0, 0.05) is 16.9 Å². The summed E-state index contributed by atoms with van der Waals surface area (Å²) in [5.74, 6) is 0. The number of hydrogen-bond acceptors (Lipinski definition) is 2. The third-order valence-electron chi connectivity index (χ3n) is 2.29. The number of nitrogens with one attached hydrogen (secondary N) is 1. The quantitative estimate of drug-likeness (QED) is 0.816. The zero-order valence-corrected chi connectivity index (χ0v) is 10.2. The van der Waals surface area contributed by atoms with Gasteiger partial charge >= 0.3 is 0 Å². The molecule has 15 heavy (non-hydrogen) atoms. The lowest BCUT2D eigenvalue weighted by Gasteiger charge is -2.01. The van der Waals surface area contributed by atoms with E-state index in [0.717, 1.165) is 10.6 Å². The smallest absolute Gasteiger partial charge is 0.0886 e. The van der Waals surface area contributed by atoms with Crippen LogP contribution in [-0.4, -0.2) is 7.05 Å². The van der Waals surface area contributed by atoms with Gasteiger partial charge in [0.05, 0.1) is 5.00 Å². The van der Waals surface area contributed by atoms with Crippen LogP contribution in [0.5, 0.6) is 0 Å². The van der Waals surface area contributed by atoms with E-state index in [-0.39, 0.29) is 0 Å². The summed E-state index contributed by atoms with van der Waals surface area (Å²) >= 11 is 7.74. The van der Waals surface area contributed by atoms with Crippen molar-refractivity contribution in [3.63, 3.8) is 0 Å². The Balaban J connectivity index is 2.40. The summed E-state index contributed by atoms with van der Waals surface area (Å²) < 4.78 is 0. The summed E-state index contributed by atoms with van der Waals surface area (Å²) in [5.41, 5.74) is 2.34. The summed E-state index contributed by atoms with van der Waals surface area (Å²) in [4.78, 5) is 1.26. The lowest BCUT2D eigenvalue weighted by Crippen LogP contribution is -1.80. The van der Waals surface area contributed by atoms with E-state index in [0.29, 0.717) is 0 Å². The molecule has 0 fully saturated rings. The molecule has 1 heterocycles. The Kier molecular flexibility index (Phi) is 2.98. The first-order valence-corrected chi connectivity index (χ1v) is 5.94. The van der Waals surface area contributed by atoms with E-state index in [2.05, 4.69) is 29.6 Å². The molecule has 0 bridgehead atoms. The minimum atomic E-state index is 0.823. The molecule has 1 nitrogen and oxygen atoms in total. The van der Waals surface area contributed by atoms with Gasteiger partial charge in [0.15, 0.2) is 0 Å². The molecule has 2 aromatic rings. The van der Waals surface area contributed by atoms with Crippen molar-refractivity contribution in [1.82, 2.24) is 0 Å². The predicted octanol–water partition coefficient (Wildman–Crippen LogP) is 4.42. The number of hydrogen-bond donors (Lipinski definition) is 1. The molecule has 3 heteroatoms. The van der Waals surface area contributed by atoms with Crippen LogP contribution in [0.25, 0.3) is 10.4 Å². The van der Waals surface area contributed by atoms with E-state index in [1.807, 2.05) is 20.0 Å². The van der Waals surface area contributed by atoms with Crippen LogP contribution in [0.4, 0.5) is 5.00 Å². The highest BCUT2D eigenvalue weighted by atomic mass is 35.5. The van der Waals surface area contributed by atoms with Gasteiger partial charge in [-0.3, -0.25) is 0 Å². The average molecular weight is 238 g/mol. The van der Waals surface area contributed by atoms with Crippen molar-refractivity contribution in [3.8, 4) is 10.4 Å². The lowest BCUT2D eigenvalue weighted by atomic mass is 10.1. The van der Waals surface area contributed by atoms with Gasteiger partial charge in [-0.25, -0.2) is 0 Å². The van der Waals surface area contributed by atoms with Crippen LogP contribution in [0.1, 0.15) is 5.56 Å². The van der Waals surface area contributed by atoms with Crippen molar-refractivity contribution < 1.29 is 0 Å². The molecule has 0 amide bonds. The van der Waals surface area contributed by atoms with Gasteiger partial charge in [-0.2, -0.15) is 0 Å². The van der Waals surface area contributed by atoms with Crippen molar-refractivity contribution >= 4 is 27.9 Å². The molecular formula is C12H12ClNS. The molecule has 0 atom stereocenters. The Morgan fingerprint density at radius 1 is 1.20 bits per heavy atom. The molecular weight excluding hydrogens is 226 g/mol. The Hall–Kier alpha value is -0.990. The van der Waals surface area contributed by atoms with Gasteiger partial charge in [-0.15, -0.1) is 11.3 Å². The van der Waals surface area contributed by atoms with Gasteiger partial charge in [0.2, 0.25) is 0 Å². The fourth-order valence-corrected chi connectivity index (χ4v) is 2.40. The topological polar surface area (TPSA) is 12.0 Å². The van der Waals surface area contributed by atoms with E-state index in [1.54, 1.807) is 11.3 Å². The van der Waals surface area contributed by atoms with Crippen LogP contribution in [0, 0.1) is 6.92 Å². The average Bonchev–Trinajstić information content (AvgIpc) is 2.70. The highest BCUT2D eigenvalue weighted by Gasteiger charge is 2.03. The van der Waals surface area contributed by atoms with Crippen LogP contribution >= 0.6 is 22.9 Å². The number of rotatable bonds is 2. The molecule has 0 aliphatic rings. The summed E-state index contributed by atoms with van der Waals surface area (Å²) in [7, 11) is 1.93. The zero-order valence-electron chi connectivity index (χ0n) is 8.67. The van der Waals surface area contributed by atoms with Crippen molar-refractivity contribution in [1.29, 1.82) is 0 Å². The fourth-order valence-electron chi connectivity index (χ4n) is 1.43. The second-order valence-corrected chi connectivity index (χ2v) is 4.87. The Labute approximate surface area is 98.7 Å². The van der Waals surface area contributed by atoms with Crippen molar-refractivity contribution in [3.05, 3.63) is 40.9 Å². The summed E-state index contributed by atoms with van der Waals surface area (Å²) in [6.07, 6.45) is 0.